The van der Waals surface area contributed by atoms with Gasteiger partial charge in [-0.25, -0.2) is 4.98 Å². The summed E-state index contributed by atoms with van der Waals surface area (Å²) in [5.41, 5.74) is 1.15. The summed E-state index contributed by atoms with van der Waals surface area (Å²) in [6.45, 7) is 1.25. The number of hydrogen-bond donors (Lipinski definition) is 2. The lowest BCUT2D eigenvalue weighted by molar-refractivity contribution is 0.414. The van der Waals surface area contributed by atoms with Crippen LogP contribution in [-0.4, -0.2) is 34.9 Å². The van der Waals surface area contributed by atoms with E-state index < -0.39 is 0 Å². The van der Waals surface area contributed by atoms with E-state index in [0.717, 1.165) is 17.1 Å². The van der Waals surface area contributed by atoms with Gasteiger partial charge in [-0.1, -0.05) is 12.1 Å². The second-order valence-corrected chi connectivity index (χ2v) is 4.43. The van der Waals surface area contributed by atoms with Crippen LogP contribution in [0.1, 0.15) is 11.4 Å². The molecular weight excluding hydrogens is 268 g/mol. The SMILES string of the molecule is CN=C(NCc1ccc(OC)cc1)NCc1ncnn1C. The molecule has 0 saturated carbocycles. The number of ether oxygens (including phenoxy) is 1. The lowest BCUT2D eigenvalue weighted by Gasteiger charge is -2.11. The van der Waals surface area contributed by atoms with Crippen molar-refractivity contribution in [3.63, 3.8) is 0 Å². The van der Waals surface area contributed by atoms with Gasteiger partial charge in [-0.15, -0.1) is 0 Å². The van der Waals surface area contributed by atoms with Crippen molar-refractivity contribution < 1.29 is 4.74 Å². The molecule has 0 aliphatic heterocycles. The molecule has 0 unspecified atom stereocenters. The van der Waals surface area contributed by atoms with Gasteiger partial charge in [-0.2, -0.15) is 5.10 Å². The number of aryl methyl sites for hydroxylation is 1. The third kappa shape index (κ3) is 4.20. The molecule has 0 amide bonds. The monoisotopic (exact) mass is 288 g/mol. The minimum absolute atomic E-state index is 0.568. The van der Waals surface area contributed by atoms with E-state index in [9.17, 15) is 0 Å². The molecule has 2 rings (SSSR count). The average Bonchev–Trinajstić information content (AvgIpc) is 2.93. The molecule has 0 aliphatic rings. The van der Waals surface area contributed by atoms with Crippen molar-refractivity contribution in [2.24, 2.45) is 12.0 Å². The van der Waals surface area contributed by atoms with E-state index in [0.29, 0.717) is 19.0 Å². The van der Waals surface area contributed by atoms with Gasteiger partial charge in [0.15, 0.2) is 5.96 Å². The number of rotatable bonds is 5. The van der Waals surface area contributed by atoms with Crippen LogP contribution in [0.25, 0.3) is 0 Å². The molecular formula is C14H20N6O. The van der Waals surface area contributed by atoms with E-state index in [1.807, 2.05) is 31.3 Å². The summed E-state index contributed by atoms with van der Waals surface area (Å²) < 4.78 is 6.86. The maximum Gasteiger partial charge on any atom is 0.191 e. The quantitative estimate of drug-likeness (QED) is 0.625. The summed E-state index contributed by atoms with van der Waals surface area (Å²) in [7, 11) is 5.25. The molecule has 0 radical (unpaired) electrons. The van der Waals surface area contributed by atoms with Crippen LogP contribution in [0.15, 0.2) is 35.6 Å². The number of methoxy groups -OCH3 is 1. The molecule has 0 fully saturated rings. The first-order valence-electron chi connectivity index (χ1n) is 6.63. The molecule has 0 bridgehead atoms. The topological polar surface area (TPSA) is 76.4 Å². The Bertz CT molecular complexity index is 590. The predicted octanol–water partition coefficient (Wildman–Crippen LogP) is 0.689. The van der Waals surface area contributed by atoms with Crippen molar-refractivity contribution in [1.29, 1.82) is 0 Å². The van der Waals surface area contributed by atoms with E-state index >= 15 is 0 Å². The van der Waals surface area contributed by atoms with Gasteiger partial charge < -0.3 is 15.4 Å². The molecule has 0 spiro atoms. The molecule has 1 aromatic carbocycles. The van der Waals surface area contributed by atoms with Gasteiger partial charge in [-0.3, -0.25) is 9.67 Å². The molecule has 1 heterocycles. The highest BCUT2D eigenvalue weighted by molar-refractivity contribution is 5.79. The summed E-state index contributed by atoms with van der Waals surface area (Å²) in [5.74, 6) is 2.42. The third-order valence-electron chi connectivity index (χ3n) is 3.06. The van der Waals surface area contributed by atoms with Crippen molar-refractivity contribution in [2.75, 3.05) is 14.2 Å². The molecule has 0 aliphatic carbocycles. The number of nitrogens with one attached hydrogen (secondary N) is 2. The summed E-state index contributed by atoms with van der Waals surface area (Å²) >= 11 is 0. The largest absolute Gasteiger partial charge is 0.497 e. The number of guanidine groups is 1. The van der Waals surface area contributed by atoms with Crippen LogP contribution < -0.4 is 15.4 Å². The lowest BCUT2D eigenvalue weighted by atomic mass is 10.2. The number of hydrogen-bond acceptors (Lipinski definition) is 4. The van der Waals surface area contributed by atoms with Crippen LogP contribution >= 0.6 is 0 Å². The Balaban J connectivity index is 1.83. The summed E-state index contributed by atoms with van der Waals surface area (Å²) in [6, 6.07) is 7.91. The van der Waals surface area contributed by atoms with Crippen LogP contribution in [-0.2, 0) is 20.1 Å². The Morgan fingerprint density at radius 1 is 1.24 bits per heavy atom. The van der Waals surface area contributed by atoms with Crippen molar-refractivity contribution in [3.05, 3.63) is 42.0 Å². The molecule has 1 aromatic heterocycles. The second kappa shape index (κ2) is 7.28. The zero-order valence-electron chi connectivity index (χ0n) is 12.5. The molecule has 112 valence electrons. The number of benzene rings is 1. The maximum atomic E-state index is 5.14. The van der Waals surface area contributed by atoms with Gasteiger partial charge in [0.25, 0.3) is 0 Å². The number of aromatic nitrogens is 3. The van der Waals surface area contributed by atoms with Crippen LogP contribution in [0.3, 0.4) is 0 Å². The summed E-state index contributed by atoms with van der Waals surface area (Å²) in [5, 5.41) is 10.5. The van der Waals surface area contributed by atoms with Crippen molar-refractivity contribution in [1.82, 2.24) is 25.4 Å². The zero-order chi connectivity index (χ0) is 15.1. The smallest absolute Gasteiger partial charge is 0.191 e. The van der Waals surface area contributed by atoms with Crippen molar-refractivity contribution in [3.8, 4) is 5.75 Å². The minimum Gasteiger partial charge on any atom is -0.497 e. The average molecular weight is 288 g/mol. The maximum absolute atomic E-state index is 5.14. The predicted molar refractivity (Wildman–Crippen MR) is 81.0 cm³/mol. The third-order valence-corrected chi connectivity index (χ3v) is 3.06. The van der Waals surface area contributed by atoms with Gasteiger partial charge in [0.05, 0.1) is 13.7 Å². The summed E-state index contributed by atoms with van der Waals surface area (Å²) in [4.78, 5) is 8.33. The van der Waals surface area contributed by atoms with Crippen LogP contribution in [0.4, 0.5) is 0 Å². The van der Waals surface area contributed by atoms with Gasteiger partial charge in [0.1, 0.15) is 17.9 Å². The van der Waals surface area contributed by atoms with E-state index in [4.69, 9.17) is 4.74 Å². The second-order valence-electron chi connectivity index (χ2n) is 4.43. The van der Waals surface area contributed by atoms with E-state index in [1.54, 1.807) is 18.8 Å². The van der Waals surface area contributed by atoms with Crippen LogP contribution in [0.2, 0.25) is 0 Å². The molecule has 21 heavy (non-hydrogen) atoms. The fourth-order valence-electron chi connectivity index (χ4n) is 1.79. The van der Waals surface area contributed by atoms with Gasteiger partial charge >= 0.3 is 0 Å². The molecule has 2 N–H and O–H groups in total. The normalized spacial score (nSPS) is 11.3. The standard InChI is InChI=1S/C14H20N6O/c1-15-14(17-9-13-18-10-19-20(13)2)16-8-11-4-6-12(21-3)7-5-11/h4-7,10H,8-9H2,1-3H3,(H2,15,16,17). The summed E-state index contributed by atoms with van der Waals surface area (Å²) in [6.07, 6.45) is 1.53. The van der Waals surface area contributed by atoms with Crippen molar-refractivity contribution in [2.45, 2.75) is 13.1 Å². The molecule has 0 saturated heterocycles. The molecule has 0 atom stereocenters. The lowest BCUT2D eigenvalue weighted by Crippen LogP contribution is -2.36. The highest BCUT2D eigenvalue weighted by atomic mass is 16.5. The Hall–Kier alpha value is -2.57. The number of aliphatic imine (C=N–C) groups is 1. The highest BCUT2D eigenvalue weighted by Gasteiger charge is 2.03. The van der Waals surface area contributed by atoms with Gasteiger partial charge in [0.2, 0.25) is 0 Å². The first-order chi connectivity index (χ1) is 10.2. The Labute approximate surface area is 124 Å². The first kappa shape index (κ1) is 14.8. The Morgan fingerprint density at radius 2 is 1.95 bits per heavy atom. The van der Waals surface area contributed by atoms with E-state index in [1.165, 1.54) is 6.33 Å². The molecule has 7 nitrogen and oxygen atoms in total. The fourth-order valence-corrected chi connectivity index (χ4v) is 1.79. The van der Waals surface area contributed by atoms with Crippen LogP contribution in [0, 0.1) is 0 Å². The fraction of sp³-hybridized carbons (Fsp3) is 0.357. The van der Waals surface area contributed by atoms with E-state index in [-0.39, 0.29) is 0 Å². The van der Waals surface area contributed by atoms with Crippen LogP contribution in [0.5, 0.6) is 5.75 Å². The highest BCUT2D eigenvalue weighted by Crippen LogP contribution is 2.10. The molecule has 7 heteroatoms. The van der Waals surface area contributed by atoms with Gasteiger partial charge in [0, 0.05) is 20.6 Å². The number of nitrogens with zero attached hydrogens (tertiary/aromatic N) is 4. The molecule has 2 aromatic rings. The van der Waals surface area contributed by atoms with Crippen molar-refractivity contribution >= 4 is 5.96 Å². The zero-order valence-corrected chi connectivity index (χ0v) is 12.5. The van der Waals surface area contributed by atoms with E-state index in [2.05, 4.69) is 25.7 Å². The first-order valence-corrected chi connectivity index (χ1v) is 6.63. The Morgan fingerprint density at radius 3 is 2.52 bits per heavy atom. The van der Waals surface area contributed by atoms with Gasteiger partial charge in [-0.05, 0) is 17.7 Å². The Kier molecular flexibility index (Phi) is 5.14. The minimum atomic E-state index is 0.568.